The molecule has 62 valence electrons. The van der Waals surface area contributed by atoms with Crippen molar-refractivity contribution in [2.45, 2.75) is 12.5 Å². The van der Waals surface area contributed by atoms with Crippen LogP contribution in [-0.2, 0) is 4.74 Å². The van der Waals surface area contributed by atoms with E-state index in [2.05, 4.69) is 5.32 Å². The van der Waals surface area contributed by atoms with Crippen LogP contribution < -0.4 is 5.32 Å². The molecule has 0 spiro atoms. The Balaban J connectivity index is 0.000000810. The van der Waals surface area contributed by atoms with Gasteiger partial charge in [-0.15, -0.1) is 12.4 Å². The molecule has 10 heavy (non-hydrogen) atoms. The van der Waals surface area contributed by atoms with Gasteiger partial charge in [-0.3, -0.25) is 0 Å². The van der Waals surface area contributed by atoms with Crippen LogP contribution in [0.1, 0.15) is 6.42 Å². The summed E-state index contributed by atoms with van der Waals surface area (Å²) in [6.07, 6.45) is 1.08. The van der Waals surface area contributed by atoms with Crippen molar-refractivity contribution in [2.75, 3.05) is 26.4 Å². The van der Waals surface area contributed by atoms with Crippen LogP contribution in [0, 0.1) is 0 Å². The average Bonchev–Trinajstić information content (AvgIpc) is 2.34. The van der Waals surface area contributed by atoms with Gasteiger partial charge in [0.15, 0.2) is 0 Å². The molecule has 2 N–H and O–H groups in total. The van der Waals surface area contributed by atoms with E-state index in [-0.39, 0.29) is 19.0 Å². The minimum atomic E-state index is 0. The Hall–Kier alpha value is 0.170. The lowest BCUT2D eigenvalue weighted by Gasteiger charge is -2.06. The first-order valence-electron chi connectivity index (χ1n) is 3.35. The highest BCUT2D eigenvalue weighted by Gasteiger charge is 2.13. The first kappa shape index (κ1) is 10.2. The summed E-state index contributed by atoms with van der Waals surface area (Å²) in [5, 5.41) is 11.6. The van der Waals surface area contributed by atoms with Gasteiger partial charge in [0.1, 0.15) is 0 Å². The molecule has 0 aliphatic carbocycles. The summed E-state index contributed by atoms with van der Waals surface area (Å²) >= 11 is 0. The zero-order chi connectivity index (χ0) is 6.53. The van der Waals surface area contributed by atoms with E-state index < -0.39 is 0 Å². The van der Waals surface area contributed by atoms with Gasteiger partial charge in [-0.25, -0.2) is 0 Å². The molecule has 1 unspecified atom stereocenters. The SMILES string of the molecule is Cl.OCCNC1CCOC1. The van der Waals surface area contributed by atoms with Crippen LogP contribution in [0.25, 0.3) is 0 Å². The van der Waals surface area contributed by atoms with Crippen LogP contribution in [-0.4, -0.2) is 37.5 Å². The summed E-state index contributed by atoms with van der Waals surface area (Å²) in [7, 11) is 0. The molecule has 4 heteroatoms. The summed E-state index contributed by atoms with van der Waals surface area (Å²) in [5.41, 5.74) is 0. The molecule has 0 aromatic rings. The van der Waals surface area contributed by atoms with Crippen molar-refractivity contribution in [3.8, 4) is 0 Å². The van der Waals surface area contributed by atoms with Gasteiger partial charge in [0, 0.05) is 19.2 Å². The molecule has 1 heterocycles. The summed E-state index contributed by atoms with van der Waals surface area (Å²) < 4.78 is 5.11. The van der Waals surface area contributed by atoms with Gasteiger partial charge in [0.25, 0.3) is 0 Å². The van der Waals surface area contributed by atoms with E-state index in [9.17, 15) is 0 Å². The lowest BCUT2D eigenvalue weighted by atomic mass is 10.3. The summed E-state index contributed by atoms with van der Waals surface area (Å²) in [4.78, 5) is 0. The second-order valence-corrected chi connectivity index (χ2v) is 2.24. The molecular weight excluding hydrogens is 154 g/mol. The monoisotopic (exact) mass is 167 g/mol. The third-order valence-electron chi connectivity index (χ3n) is 1.47. The number of rotatable bonds is 3. The number of ether oxygens (including phenoxy) is 1. The van der Waals surface area contributed by atoms with Crippen molar-refractivity contribution in [3.63, 3.8) is 0 Å². The zero-order valence-electron chi connectivity index (χ0n) is 5.88. The van der Waals surface area contributed by atoms with Crippen LogP contribution in [0.2, 0.25) is 0 Å². The van der Waals surface area contributed by atoms with Crippen molar-refractivity contribution in [1.29, 1.82) is 0 Å². The van der Waals surface area contributed by atoms with Crippen molar-refractivity contribution in [3.05, 3.63) is 0 Å². The van der Waals surface area contributed by atoms with E-state index in [0.717, 1.165) is 19.6 Å². The molecule has 1 aliphatic heterocycles. The van der Waals surface area contributed by atoms with E-state index in [4.69, 9.17) is 9.84 Å². The molecule has 0 radical (unpaired) electrons. The van der Waals surface area contributed by atoms with Crippen molar-refractivity contribution in [2.24, 2.45) is 0 Å². The normalized spacial score (nSPS) is 24.3. The fraction of sp³-hybridized carbons (Fsp3) is 1.00. The predicted octanol–water partition coefficient (Wildman–Crippen LogP) is -0.221. The van der Waals surface area contributed by atoms with Gasteiger partial charge < -0.3 is 15.2 Å². The topological polar surface area (TPSA) is 41.5 Å². The number of halogens is 1. The van der Waals surface area contributed by atoms with Crippen LogP contribution in [0.15, 0.2) is 0 Å². The molecular formula is C6H14ClNO2. The third kappa shape index (κ3) is 3.37. The Morgan fingerprint density at radius 2 is 2.40 bits per heavy atom. The third-order valence-corrected chi connectivity index (χ3v) is 1.47. The second-order valence-electron chi connectivity index (χ2n) is 2.24. The maximum Gasteiger partial charge on any atom is 0.0620 e. The Kier molecular flexibility index (Phi) is 6.02. The Bertz CT molecular complexity index is 76.1. The van der Waals surface area contributed by atoms with Crippen molar-refractivity contribution < 1.29 is 9.84 Å². The van der Waals surface area contributed by atoms with E-state index in [1.165, 1.54) is 0 Å². The summed E-state index contributed by atoms with van der Waals surface area (Å²) in [6, 6.07) is 0.483. The van der Waals surface area contributed by atoms with Crippen molar-refractivity contribution in [1.82, 2.24) is 5.32 Å². The van der Waals surface area contributed by atoms with Crippen LogP contribution in [0.4, 0.5) is 0 Å². The fourth-order valence-electron chi connectivity index (χ4n) is 0.964. The summed E-state index contributed by atoms with van der Waals surface area (Å²) in [5.74, 6) is 0. The zero-order valence-corrected chi connectivity index (χ0v) is 6.69. The van der Waals surface area contributed by atoms with Crippen LogP contribution in [0.3, 0.4) is 0 Å². The van der Waals surface area contributed by atoms with E-state index in [1.54, 1.807) is 0 Å². The number of nitrogens with one attached hydrogen (secondary N) is 1. The Morgan fingerprint density at radius 1 is 1.60 bits per heavy atom. The molecule has 1 fully saturated rings. The molecule has 1 rings (SSSR count). The van der Waals surface area contributed by atoms with E-state index >= 15 is 0 Å². The van der Waals surface area contributed by atoms with Gasteiger partial charge in [0.05, 0.1) is 13.2 Å². The second kappa shape index (κ2) is 5.92. The van der Waals surface area contributed by atoms with Gasteiger partial charge in [-0.2, -0.15) is 0 Å². The van der Waals surface area contributed by atoms with E-state index in [1.807, 2.05) is 0 Å². The largest absolute Gasteiger partial charge is 0.395 e. The van der Waals surface area contributed by atoms with Gasteiger partial charge >= 0.3 is 0 Å². The number of aliphatic hydroxyl groups is 1. The smallest absolute Gasteiger partial charge is 0.0620 e. The highest BCUT2D eigenvalue weighted by molar-refractivity contribution is 5.85. The van der Waals surface area contributed by atoms with Gasteiger partial charge in [0.2, 0.25) is 0 Å². The summed E-state index contributed by atoms with van der Waals surface area (Å²) in [6.45, 7) is 2.58. The quantitative estimate of drug-likeness (QED) is 0.611. The number of hydrogen-bond acceptors (Lipinski definition) is 3. The highest BCUT2D eigenvalue weighted by Crippen LogP contribution is 2.01. The van der Waals surface area contributed by atoms with Crippen LogP contribution >= 0.6 is 12.4 Å². The molecule has 0 aromatic heterocycles. The minimum absolute atomic E-state index is 0. The molecule has 1 saturated heterocycles. The average molecular weight is 168 g/mol. The number of hydrogen-bond donors (Lipinski definition) is 2. The van der Waals surface area contributed by atoms with E-state index in [0.29, 0.717) is 12.6 Å². The Labute approximate surface area is 67.2 Å². The molecule has 1 atom stereocenters. The molecule has 1 aliphatic rings. The minimum Gasteiger partial charge on any atom is -0.395 e. The molecule has 0 aromatic carbocycles. The maximum absolute atomic E-state index is 8.42. The molecule has 0 saturated carbocycles. The fourth-order valence-corrected chi connectivity index (χ4v) is 0.964. The first-order chi connectivity index (χ1) is 4.43. The lowest BCUT2D eigenvalue weighted by molar-refractivity contribution is 0.188. The molecule has 3 nitrogen and oxygen atoms in total. The standard InChI is InChI=1S/C6H13NO2.ClH/c8-3-2-7-6-1-4-9-5-6;/h6-8H,1-5H2;1H. The number of aliphatic hydroxyl groups excluding tert-OH is 1. The molecule has 0 bridgehead atoms. The predicted molar refractivity (Wildman–Crippen MR) is 41.6 cm³/mol. The Morgan fingerprint density at radius 3 is 2.90 bits per heavy atom. The van der Waals surface area contributed by atoms with Gasteiger partial charge in [-0.05, 0) is 6.42 Å². The molecule has 0 amide bonds. The maximum atomic E-state index is 8.42. The first-order valence-corrected chi connectivity index (χ1v) is 3.35. The van der Waals surface area contributed by atoms with Crippen molar-refractivity contribution >= 4 is 12.4 Å². The lowest BCUT2D eigenvalue weighted by Crippen LogP contribution is -2.31. The van der Waals surface area contributed by atoms with Crippen LogP contribution in [0.5, 0.6) is 0 Å². The van der Waals surface area contributed by atoms with Gasteiger partial charge in [-0.1, -0.05) is 0 Å². The highest BCUT2D eigenvalue weighted by atomic mass is 35.5.